The smallest absolute Gasteiger partial charge is 0.192 e. The largest absolute Gasteiger partial charge is 0.386 e. The van der Waals surface area contributed by atoms with E-state index in [1.165, 1.54) is 11.3 Å². The first-order chi connectivity index (χ1) is 13.9. The SMILES string of the molecule is Cc1nnc(CN=C(NCC(O)c2ccc(Cl)s2)NC(C)c2ccccc2)n1C. The molecule has 0 radical (unpaired) electrons. The quantitative estimate of drug-likeness (QED) is 0.393. The van der Waals surface area contributed by atoms with E-state index in [0.29, 0.717) is 23.4 Å². The maximum atomic E-state index is 10.4. The van der Waals surface area contributed by atoms with E-state index in [2.05, 4.69) is 44.9 Å². The summed E-state index contributed by atoms with van der Waals surface area (Å²) in [7, 11) is 1.91. The molecular formula is C20H25ClN6OS. The summed E-state index contributed by atoms with van der Waals surface area (Å²) in [4.78, 5) is 5.45. The van der Waals surface area contributed by atoms with Gasteiger partial charge in [0.1, 0.15) is 18.5 Å². The number of aliphatic imine (C=N–C) groups is 1. The first-order valence-corrected chi connectivity index (χ1v) is 10.5. The van der Waals surface area contributed by atoms with Gasteiger partial charge in [0.05, 0.1) is 10.4 Å². The number of guanidine groups is 1. The van der Waals surface area contributed by atoms with E-state index < -0.39 is 6.10 Å². The van der Waals surface area contributed by atoms with Crippen molar-refractivity contribution < 1.29 is 5.11 Å². The number of rotatable bonds is 7. The summed E-state index contributed by atoms with van der Waals surface area (Å²) in [6, 6.07) is 13.8. The van der Waals surface area contributed by atoms with Crippen molar-refractivity contribution in [3.63, 3.8) is 0 Å². The molecule has 0 aliphatic carbocycles. The highest BCUT2D eigenvalue weighted by Crippen LogP contribution is 2.26. The number of aryl methyl sites for hydroxylation is 1. The molecule has 2 unspecified atom stereocenters. The van der Waals surface area contributed by atoms with Gasteiger partial charge >= 0.3 is 0 Å². The second-order valence-electron chi connectivity index (χ2n) is 6.70. The lowest BCUT2D eigenvalue weighted by atomic mass is 10.1. The van der Waals surface area contributed by atoms with Crippen LogP contribution in [0.15, 0.2) is 47.5 Å². The summed E-state index contributed by atoms with van der Waals surface area (Å²) >= 11 is 7.34. The van der Waals surface area contributed by atoms with Crippen LogP contribution in [-0.4, -0.2) is 32.4 Å². The van der Waals surface area contributed by atoms with Gasteiger partial charge in [-0.05, 0) is 31.5 Å². The van der Waals surface area contributed by atoms with E-state index in [1.54, 1.807) is 6.07 Å². The summed E-state index contributed by atoms with van der Waals surface area (Å²) in [5.41, 5.74) is 1.14. The zero-order chi connectivity index (χ0) is 20.8. The van der Waals surface area contributed by atoms with Crippen LogP contribution >= 0.6 is 22.9 Å². The number of aliphatic hydroxyl groups is 1. The fraction of sp³-hybridized carbons (Fsp3) is 0.350. The first kappa shape index (κ1) is 21.3. The van der Waals surface area contributed by atoms with Crippen LogP contribution in [0.4, 0.5) is 0 Å². The lowest BCUT2D eigenvalue weighted by molar-refractivity contribution is 0.184. The summed E-state index contributed by atoms with van der Waals surface area (Å²) in [5.74, 6) is 2.19. The summed E-state index contributed by atoms with van der Waals surface area (Å²) in [6.07, 6.45) is -0.677. The van der Waals surface area contributed by atoms with Crippen LogP contribution in [-0.2, 0) is 13.6 Å². The molecule has 2 atom stereocenters. The Bertz CT molecular complexity index is 955. The maximum absolute atomic E-state index is 10.4. The van der Waals surface area contributed by atoms with Crippen LogP contribution in [0.5, 0.6) is 0 Å². The predicted molar refractivity (Wildman–Crippen MR) is 117 cm³/mol. The van der Waals surface area contributed by atoms with Gasteiger partial charge in [0.2, 0.25) is 0 Å². The Morgan fingerprint density at radius 1 is 1.24 bits per heavy atom. The van der Waals surface area contributed by atoms with Crippen molar-refractivity contribution in [2.75, 3.05) is 6.54 Å². The van der Waals surface area contributed by atoms with E-state index in [-0.39, 0.29) is 6.04 Å². The number of nitrogens with one attached hydrogen (secondary N) is 2. The Balaban J connectivity index is 1.71. The fourth-order valence-corrected chi connectivity index (χ4v) is 3.77. The number of benzene rings is 1. The number of hydrogen-bond acceptors (Lipinski definition) is 5. The Kier molecular flexibility index (Phi) is 7.24. The van der Waals surface area contributed by atoms with E-state index in [0.717, 1.165) is 22.1 Å². The molecule has 7 nitrogen and oxygen atoms in total. The van der Waals surface area contributed by atoms with Crippen molar-refractivity contribution in [3.8, 4) is 0 Å². The number of thiophene rings is 1. The van der Waals surface area contributed by atoms with Crippen molar-refractivity contribution in [2.45, 2.75) is 32.5 Å². The fourth-order valence-electron chi connectivity index (χ4n) is 2.72. The van der Waals surface area contributed by atoms with Crippen LogP contribution in [0.3, 0.4) is 0 Å². The van der Waals surface area contributed by atoms with Crippen LogP contribution in [0, 0.1) is 6.92 Å². The van der Waals surface area contributed by atoms with Crippen molar-refractivity contribution in [1.29, 1.82) is 0 Å². The number of aromatic nitrogens is 3. The van der Waals surface area contributed by atoms with Gasteiger partial charge in [-0.3, -0.25) is 0 Å². The normalized spacial score (nSPS) is 13.9. The zero-order valence-electron chi connectivity index (χ0n) is 16.6. The van der Waals surface area contributed by atoms with Gasteiger partial charge in [0, 0.05) is 18.5 Å². The van der Waals surface area contributed by atoms with Crippen molar-refractivity contribution in [1.82, 2.24) is 25.4 Å². The topological polar surface area (TPSA) is 87.4 Å². The highest BCUT2D eigenvalue weighted by Gasteiger charge is 2.14. The van der Waals surface area contributed by atoms with Gasteiger partial charge in [0.15, 0.2) is 11.8 Å². The standard InChI is InChI=1S/C20H25ClN6OS/c1-13(15-7-5-4-6-8-15)24-20(23-12-19-26-25-14(2)27(19)3)22-11-16(28)17-9-10-18(21)29-17/h4-10,13,16,28H,11-12H2,1-3H3,(H2,22,23,24). The molecule has 9 heteroatoms. The summed E-state index contributed by atoms with van der Waals surface area (Å²) < 4.78 is 2.56. The third-order valence-corrected chi connectivity index (χ3v) is 5.93. The van der Waals surface area contributed by atoms with E-state index >= 15 is 0 Å². The Morgan fingerprint density at radius 2 is 2.00 bits per heavy atom. The second kappa shape index (κ2) is 9.87. The molecule has 29 heavy (non-hydrogen) atoms. The van der Waals surface area contributed by atoms with Crippen molar-refractivity contribution in [3.05, 3.63) is 68.9 Å². The molecule has 3 aromatic rings. The summed E-state index contributed by atoms with van der Waals surface area (Å²) in [5, 5.41) is 25.3. The Labute approximate surface area is 179 Å². The molecule has 0 amide bonds. The minimum Gasteiger partial charge on any atom is -0.386 e. The molecule has 0 aliphatic heterocycles. The van der Waals surface area contributed by atoms with Gasteiger partial charge in [-0.25, -0.2) is 4.99 Å². The highest BCUT2D eigenvalue weighted by molar-refractivity contribution is 7.16. The minimum atomic E-state index is -0.677. The minimum absolute atomic E-state index is 0.0389. The number of halogens is 1. The van der Waals surface area contributed by atoms with Crippen molar-refractivity contribution in [2.24, 2.45) is 12.0 Å². The average Bonchev–Trinajstić information content (AvgIpc) is 3.30. The van der Waals surface area contributed by atoms with E-state index in [9.17, 15) is 5.11 Å². The number of aliphatic hydroxyl groups excluding tert-OH is 1. The third-order valence-electron chi connectivity index (χ3n) is 4.60. The molecule has 0 bridgehead atoms. The molecule has 0 spiro atoms. The molecule has 0 saturated carbocycles. The first-order valence-electron chi connectivity index (χ1n) is 9.32. The maximum Gasteiger partial charge on any atom is 0.192 e. The number of hydrogen-bond donors (Lipinski definition) is 3. The molecule has 3 rings (SSSR count). The molecule has 154 valence electrons. The van der Waals surface area contributed by atoms with Gasteiger partial charge in [-0.15, -0.1) is 21.5 Å². The van der Waals surface area contributed by atoms with Crippen LogP contribution < -0.4 is 10.6 Å². The Morgan fingerprint density at radius 3 is 2.62 bits per heavy atom. The predicted octanol–water partition coefficient (Wildman–Crippen LogP) is 3.37. The van der Waals surface area contributed by atoms with Gasteiger partial charge in [0.25, 0.3) is 0 Å². The highest BCUT2D eigenvalue weighted by atomic mass is 35.5. The monoisotopic (exact) mass is 432 g/mol. The molecule has 3 N–H and O–H groups in total. The zero-order valence-corrected chi connectivity index (χ0v) is 18.2. The molecule has 0 saturated heterocycles. The van der Waals surface area contributed by atoms with E-state index in [1.807, 2.05) is 42.8 Å². The molecule has 0 fully saturated rings. The van der Waals surface area contributed by atoms with Gasteiger partial charge < -0.3 is 20.3 Å². The van der Waals surface area contributed by atoms with Crippen LogP contribution in [0.25, 0.3) is 0 Å². The molecular weight excluding hydrogens is 408 g/mol. The molecule has 2 heterocycles. The van der Waals surface area contributed by atoms with Crippen molar-refractivity contribution >= 4 is 28.9 Å². The Hall–Kier alpha value is -2.42. The summed E-state index contributed by atoms with van der Waals surface area (Å²) in [6.45, 7) is 4.64. The van der Waals surface area contributed by atoms with Crippen LogP contribution in [0.2, 0.25) is 4.34 Å². The molecule has 0 aliphatic rings. The molecule has 2 aromatic heterocycles. The van der Waals surface area contributed by atoms with Crippen LogP contribution in [0.1, 0.15) is 41.2 Å². The van der Waals surface area contributed by atoms with Gasteiger partial charge in [-0.2, -0.15) is 0 Å². The van der Waals surface area contributed by atoms with E-state index in [4.69, 9.17) is 11.6 Å². The number of nitrogens with zero attached hydrogens (tertiary/aromatic N) is 4. The molecule has 1 aromatic carbocycles. The lowest BCUT2D eigenvalue weighted by Gasteiger charge is -2.20. The third kappa shape index (κ3) is 5.79. The van der Waals surface area contributed by atoms with Gasteiger partial charge in [-0.1, -0.05) is 41.9 Å². The second-order valence-corrected chi connectivity index (χ2v) is 8.45. The lowest BCUT2D eigenvalue weighted by Crippen LogP contribution is -2.40. The average molecular weight is 433 g/mol.